The minimum absolute atomic E-state index is 0.0815. The molecule has 0 atom stereocenters. The average Bonchev–Trinajstić information content (AvgIpc) is 3.20. The Morgan fingerprint density at radius 2 is 2.16 bits per heavy atom. The molecule has 0 bridgehead atoms. The zero-order chi connectivity index (χ0) is 17.1. The number of H-pyrrole nitrogens is 1. The van der Waals surface area contributed by atoms with Gasteiger partial charge in [-0.1, -0.05) is 29.5 Å². The van der Waals surface area contributed by atoms with Gasteiger partial charge in [-0.2, -0.15) is 0 Å². The lowest BCUT2D eigenvalue weighted by molar-refractivity contribution is 1.15. The van der Waals surface area contributed by atoms with Crippen LogP contribution < -0.4 is 10.1 Å². The Balaban J connectivity index is 1.83. The van der Waals surface area contributed by atoms with E-state index in [-0.39, 0.29) is 5.56 Å². The van der Waals surface area contributed by atoms with Gasteiger partial charge in [0, 0.05) is 32.8 Å². The third-order valence-electron chi connectivity index (χ3n) is 4.27. The molecular weight excluding hydrogens is 400 g/mol. The second-order valence-electron chi connectivity index (χ2n) is 5.85. The first kappa shape index (κ1) is 14.8. The molecule has 5 rings (SSSR count). The molecule has 122 valence electrons. The molecule has 1 aromatic carbocycles. The van der Waals surface area contributed by atoms with Crippen molar-refractivity contribution in [2.75, 3.05) is 0 Å². The van der Waals surface area contributed by atoms with Crippen molar-refractivity contribution in [3.8, 4) is 0 Å². The number of benzene rings is 1. The smallest absolute Gasteiger partial charge is 0.276 e. The highest BCUT2D eigenvalue weighted by Gasteiger charge is 2.13. The normalized spacial score (nSPS) is 12.8. The Bertz CT molecular complexity index is 1400. The van der Waals surface area contributed by atoms with Crippen LogP contribution in [-0.4, -0.2) is 19.4 Å². The summed E-state index contributed by atoms with van der Waals surface area (Å²) in [4.78, 5) is 25.8. The number of aromatic nitrogens is 4. The van der Waals surface area contributed by atoms with E-state index in [0.29, 0.717) is 20.7 Å². The summed E-state index contributed by atoms with van der Waals surface area (Å²) in [6, 6.07) is 9.96. The van der Waals surface area contributed by atoms with Gasteiger partial charge in [-0.05, 0) is 41.1 Å². The van der Waals surface area contributed by atoms with Crippen molar-refractivity contribution in [2.24, 2.45) is 0 Å². The van der Waals surface area contributed by atoms with E-state index < -0.39 is 0 Å². The van der Waals surface area contributed by atoms with Crippen molar-refractivity contribution in [1.29, 1.82) is 0 Å². The highest BCUT2D eigenvalue weighted by atomic mass is 79.9. The second-order valence-corrected chi connectivity index (χ2v) is 7.78. The number of halogens is 1. The molecule has 5 nitrogen and oxygen atoms in total. The molecule has 5 aromatic rings. The lowest BCUT2D eigenvalue weighted by atomic mass is 10.1. The van der Waals surface area contributed by atoms with Crippen molar-refractivity contribution < 1.29 is 0 Å². The maximum atomic E-state index is 12.9. The molecule has 7 heteroatoms. The van der Waals surface area contributed by atoms with E-state index in [1.165, 1.54) is 11.3 Å². The zero-order valence-electron chi connectivity index (χ0n) is 13.1. The summed E-state index contributed by atoms with van der Waals surface area (Å²) in [7, 11) is 0. The van der Waals surface area contributed by atoms with E-state index >= 15 is 0 Å². The van der Waals surface area contributed by atoms with Crippen LogP contribution in [0.3, 0.4) is 0 Å². The van der Waals surface area contributed by atoms with E-state index in [1.54, 1.807) is 10.6 Å². The van der Waals surface area contributed by atoms with Crippen molar-refractivity contribution in [3.05, 3.63) is 67.1 Å². The van der Waals surface area contributed by atoms with Crippen LogP contribution in [0.5, 0.6) is 0 Å². The number of hydrogen-bond acceptors (Lipinski definition) is 4. The van der Waals surface area contributed by atoms with Crippen LogP contribution in [0.25, 0.3) is 33.1 Å². The Kier molecular flexibility index (Phi) is 3.10. The number of pyridine rings is 1. The number of thiazole rings is 1. The van der Waals surface area contributed by atoms with Crippen LogP contribution in [0.2, 0.25) is 0 Å². The summed E-state index contributed by atoms with van der Waals surface area (Å²) in [5, 5.41) is 1.11. The Labute approximate surface area is 153 Å². The molecular formula is C18H11BrN4OS. The van der Waals surface area contributed by atoms with Crippen molar-refractivity contribution in [1.82, 2.24) is 19.4 Å². The van der Waals surface area contributed by atoms with Crippen LogP contribution in [0.4, 0.5) is 0 Å². The predicted octanol–water partition coefficient (Wildman–Crippen LogP) is 3.40. The second kappa shape index (κ2) is 5.24. The highest BCUT2D eigenvalue weighted by Crippen LogP contribution is 2.23. The highest BCUT2D eigenvalue weighted by molar-refractivity contribution is 9.10. The molecule has 0 saturated heterocycles. The van der Waals surface area contributed by atoms with E-state index in [9.17, 15) is 4.79 Å². The molecule has 0 saturated carbocycles. The summed E-state index contributed by atoms with van der Waals surface area (Å²) in [5.74, 6) is 0. The molecule has 0 unspecified atom stereocenters. The first-order valence-corrected chi connectivity index (χ1v) is 9.28. The number of hydrogen-bond donors (Lipinski definition) is 1. The minimum Gasteiger partial charge on any atom is -0.358 e. The monoisotopic (exact) mass is 410 g/mol. The summed E-state index contributed by atoms with van der Waals surface area (Å²) in [5.41, 5.74) is 4.37. The van der Waals surface area contributed by atoms with Gasteiger partial charge in [-0.3, -0.25) is 4.79 Å². The molecule has 0 fully saturated rings. The third-order valence-corrected chi connectivity index (χ3v) is 5.67. The number of para-hydroxylation sites is 1. The van der Waals surface area contributed by atoms with E-state index in [2.05, 4.69) is 36.9 Å². The molecule has 25 heavy (non-hydrogen) atoms. The fourth-order valence-electron chi connectivity index (χ4n) is 3.13. The SMILES string of the molecule is Cc1[nH]c2ccccc2c1/C=c1/sc2nc3cc(Br)cnc3n2c1=O. The van der Waals surface area contributed by atoms with Crippen LogP contribution >= 0.6 is 27.3 Å². The minimum atomic E-state index is -0.0815. The molecule has 0 aliphatic heterocycles. The molecule has 0 radical (unpaired) electrons. The summed E-state index contributed by atoms with van der Waals surface area (Å²) < 4.78 is 3.09. The van der Waals surface area contributed by atoms with Gasteiger partial charge in [0.1, 0.15) is 5.52 Å². The lowest BCUT2D eigenvalue weighted by Gasteiger charge is -1.92. The number of aryl methyl sites for hydroxylation is 1. The van der Waals surface area contributed by atoms with Gasteiger partial charge in [0.05, 0.1) is 4.53 Å². The molecule has 0 aliphatic rings. The molecule has 4 heterocycles. The fraction of sp³-hybridized carbons (Fsp3) is 0.0556. The summed E-state index contributed by atoms with van der Waals surface area (Å²) in [6.45, 7) is 2.02. The lowest BCUT2D eigenvalue weighted by Crippen LogP contribution is -2.23. The molecule has 0 aliphatic carbocycles. The standard InChI is InChI=1S/C18H11BrN4OS/c1-9-12(11-4-2-3-5-13(11)21-9)7-15-17(24)23-16-14(22-18(23)25-15)6-10(19)8-20-16/h2-8,21H,1H3/b15-7+. The topological polar surface area (TPSA) is 63.1 Å². The first-order valence-electron chi connectivity index (χ1n) is 7.67. The molecule has 0 spiro atoms. The number of nitrogens with one attached hydrogen (secondary N) is 1. The van der Waals surface area contributed by atoms with Crippen LogP contribution in [0, 0.1) is 6.92 Å². The van der Waals surface area contributed by atoms with Crippen molar-refractivity contribution in [3.63, 3.8) is 0 Å². The van der Waals surface area contributed by atoms with Crippen molar-refractivity contribution >= 4 is 60.4 Å². The van der Waals surface area contributed by atoms with Gasteiger partial charge in [0.15, 0.2) is 10.6 Å². The number of rotatable bonds is 1. The van der Waals surface area contributed by atoms with E-state index in [1.807, 2.05) is 37.3 Å². The quantitative estimate of drug-likeness (QED) is 0.460. The number of fused-ring (bicyclic) bond motifs is 4. The maximum absolute atomic E-state index is 12.9. The summed E-state index contributed by atoms with van der Waals surface area (Å²) >= 11 is 4.77. The third kappa shape index (κ3) is 2.16. The maximum Gasteiger partial charge on any atom is 0.276 e. The van der Waals surface area contributed by atoms with E-state index in [4.69, 9.17) is 0 Å². The molecule has 0 amide bonds. The van der Waals surface area contributed by atoms with E-state index in [0.717, 1.165) is 26.6 Å². The zero-order valence-corrected chi connectivity index (χ0v) is 15.5. The molecule has 1 N–H and O–H groups in total. The van der Waals surface area contributed by atoms with Gasteiger partial charge in [-0.15, -0.1) is 0 Å². The van der Waals surface area contributed by atoms with Gasteiger partial charge in [-0.25, -0.2) is 14.4 Å². The van der Waals surface area contributed by atoms with Gasteiger partial charge in [0.2, 0.25) is 0 Å². The van der Waals surface area contributed by atoms with Crippen LogP contribution in [0.15, 0.2) is 45.8 Å². The largest absolute Gasteiger partial charge is 0.358 e. The number of aromatic amines is 1. The van der Waals surface area contributed by atoms with Crippen LogP contribution in [0.1, 0.15) is 11.3 Å². The molecule has 4 aromatic heterocycles. The Hall–Kier alpha value is -2.51. The van der Waals surface area contributed by atoms with Gasteiger partial charge < -0.3 is 4.98 Å². The number of imidazole rings is 1. The van der Waals surface area contributed by atoms with Gasteiger partial charge in [0.25, 0.3) is 5.56 Å². The van der Waals surface area contributed by atoms with Crippen LogP contribution in [-0.2, 0) is 0 Å². The average molecular weight is 411 g/mol. The van der Waals surface area contributed by atoms with Gasteiger partial charge >= 0.3 is 0 Å². The summed E-state index contributed by atoms with van der Waals surface area (Å²) in [6.07, 6.45) is 3.63. The Morgan fingerprint density at radius 3 is 3.04 bits per heavy atom. The Morgan fingerprint density at radius 1 is 1.32 bits per heavy atom. The van der Waals surface area contributed by atoms with Crippen molar-refractivity contribution in [2.45, 2.75) is 6.92 Å². The predicted molar refractivity (Wildman–Crippen MR) is 104 cm³/mol. The first-order chi connectivity index (χ1) is 12.1. The fourth-order valence-corrected chi connectivity index (χ4v) is 4.41. The number of nitrogens with zero attached hydrogens (tertiary/aromatic N) is 3.